The van der Waals surface area contributed by atoms with E-state index in [1.807, 2.05) is 61.5 Å². The fraction of sp³-hybridized carbons (Fsp3) is 0.211. The highest BCUT2D eigenvalue weighted by Gasteiger charge is 2.21. The van der Waals surface area contributed by atoms with Crippen molar-refractivity contribution < 1.29 is 9.90 Å². The first-order chi connectivity index (χ1) is 12.0. The van der Waals surface area contributed by atoms with Gasteiger partial charge < -0.3 is 15.3 Å². The zero-order valence-corrected chi connectivity index (χ0v) is 14.2. The van der Waals surface area contributed by atoms with Gasteiger partial charge in [0, 0.05) is 5.39 Å². The van der Waals surface area contributed by atoms with Crippen LogP contribution in [0.5, 0.6) is 0 Å². The Morgan fingerprint density at radius 1 is 1.08 bits per heavy atom. The van der Waals surface area contributed by atoms with Gasteiger partial charge in [-0.25, -0.2) is 14.8 Å². The van der Waals surface area contributed by atoms with Gasteiger partial charge in [0.15, 0.2) is 6.04 Å². The lowest BCUT2D eigenvalue weighted by Crippen LogP contribution is -2.22. The molecule has 0 spiro atoms. The van der Waals surface area contributed by atoms with Gasteiger partial charge in [0.1, 0.15) is 11.6 Å². The number of aliphatic carboxylic acids is 1. The molecule has 0 aliphatic heterocycles. The van der Waals surface area contributed by atoms with Crippen LogP contribution in [0.3, 0.4) is 0 Å². The molecule has 0 saturated carbocycles. The predicted molar refractivity (Wildman–Crippen MR) is 97.4 cm³/mol. The first-order valence-corrected chi connectivity index (χ1v) is 7.99. The van der Waals surface area contributed by atoms with Crippen LogP contribution in [0.25, 0.3) is 10.9 Å². The number of carbonyl (C=O) groups is 1. The molecular weight excluding hydrogens is 316 g/mol. The fourth-order valence-electron chi connectivity index (χ4n) is 2.66. The molecule has 128 valence electrons. The molecule has 1 aromatic heterocycles. The van der Waals surface area contributed by atoms with Gasteiger partial charge >= 0.3 is 5.97 Å². The average molecular weight is 336 g/mol. The van der Waals surface area contributed by atoms with Crippen LogP contribution in [0, 0.1) is 0 Å². The molecule has 0 amide bonds. The molecule has 6 nitrogen and oxygen atoms in total. The lowest BCUT2D eigenvalue weighted by atomic mass is 10.1. The Morgan fingerprint density at radius 3 is 2.44 bits per heavy atom. The van der Waals surface area contributed by atoms with E-state index in [1.54, 1.807) is 12.1 Å². The van der Waals surface area contributed by atoms with Crippen molar-refractivity contribution in [3.8, 4) is 0 Å². The number of nitrogens with zero attached hydrogens (tertiary/aromatic N) is 3. The molecule has 3 rings (SSSR count). The first kappa shape index (κ1) is 16.9. The van der Waals surface area contributed by atoms with Gasteiger partial charge in [0.05, 0.1) is 12.1 Å². The van der Waals surface area contributed by atoms with Crippen molar-refractivity contribution in [1.82, 2.24) is 14.9 Å². The number of carboxylic acids is 1. The normalized spacial score (nSPS) is 12.3. The summed E-state index contributed by atoms with van der Waals surface area (Å²) in [5.74, 6) is 0.213. The number of carboxylic acid groups (broad SMARTS) is 1. The molecule has 0 aliphatic carbocycles. The summed E-state index contributed by atoms with van der Waals surface area (Å²) in [6.45, 7) is 0.572. The summed E-state index contributed by atoms with van der Waals surface area (Å²) < 4.78 is 0. The van der Waals surface area contributed by atoms with Gasteiger partial charge in [-0.3, -0.25) is 0 Å². The molecule has 0 fully saturated rings. The molecule has 0 bridgehead atoms. The number of para-hydroxylation sites is 1. The Morgan fingerprint density at radius 2 is 1.76 bits per heavy atom. The van der Waals surface area contributed by atoms with Gasteiger partial charge in [-0.15, -0.1) is 0 Å². The molecule has 0 saturated heterocycles. The van der Waals surface area contributed by atoms with Crippen LogP contribution >= 0.6 is 0 Å². The zero-order valence-electron chi connectivity index (χ0n) is 14.2. The van der Waals surface area contributed by atoms with Crippen LogP contribution in [0.2, 0.25) is 0 Å². The van der Waals surface area contributed by atoms with Crippen molar-refractivity contribution in [2.24, 2.45) is 0 Å². The smallest absolute Gasteiger partial charge is 0.330 e. The van der Waals surface area contributed by atoms with Crippen LogP contribution in [0.15, 0.2) is 54.6 Å². The van der Waals surface area contributed by atoms with Gasteiger partial charge in [-0.1, -0.05) is 42.5 Å². The summed E-state index contributed by atoms with van der Waals surface area (Å²) in [4.78, 5) is 22.9. The second-order valence-electron chi connectivity index (χ2n) is 6.07. The Kier molecular flexibility index (Phi) is 4.90. The minimum absolute atomic E-state index is 0.527. The lowest BCUT2D eigenvalue weighted by Gasteiger charge is -2.18. The molecule has 0 radical (unpaired) electrons. The Labute approximate surface area is 146 Å². The van der Waals surface area contributed by atoms with Crippen molar-refractivity contribution in [2.45, 2.75) is 12.6 Å². The van der Waals surface area contributed by atoms with E-state index in [2.05, 4.69) is 15.3 Å². The van der Waals surface area contributed by atoms with Crippen molar-refractivity contribution in [2.75, 3.05) is 19.4 Å². The van der Waals surface area contributed by atoms with Crippen LogP contribution < -0.4 is 5.32 Å². The maximum absolute atomic E-state index is 11.8. The number of hydrogen-bond acceptors (Lipinski definition) is 5. The highest BCUT2D eigenvalue weighted by Crippen LogP contribution is 2.25. The van der Waals surface area contributed by atoms with Crippen molar-refractivity contribution in [1.29, 1.82) is 0 Å². The fourth-order valence-corrected chi connectivity index (χ4v) is 2.66. The summed E-state index contributed by atoms with van der Waals surface area (Å²) in [6.07, 6.45) is 0. The highest BCUT2D eigenvalue weighted by molar-refractivity contribution is 5.91. The average Bonchev–Trinajstić information content (AvgIpc) is 2.59. The summed E-state index contributed by atoms with van der Waals surface area (Å²) in [5, 5.41) is 13.5. The van der Waals surface area contributed by atoms with Crippen LogP contribution in [-0.4, -0.2) is 40.0 Å². The third-order valence-electron chi connectivity index (χ3n) is 3.77. The second-order valence-corrected chi connectivity index (χ2v) is 6.07. The number of nitrogens with one attached hydrogen (secondary N) is 1. The van der Waals surface area contributed by atoms with Crippen LogP contribution in [0.1, 0.15) is 17.4 Å². The Balaban J connectivity index is 2.05. The molecule has 0 aliphatic rings. The summed E-state index contributed by atoms with van der Waals surface area (Å²) >= 11 is 0. The molecule has 2 aromatic carbocycles. The van der Waals surface area contributed by atoms with E-state index in [4.69, 9.17) is 0 Å². The van der Waals surface area contributed by atoms with Gasteiger partial charge in [-0.2, -0.15) is 0 Å². The monoisotopic (exact) mass is 336 g/mol. The standard InChI is InChI=1S/C19H20N4O2/c1-23(2)12-16-20-15-11-7-6-10-14(15)18(21-16)22-17(19(24)25)13-8-4-3-5-9-13/h3-11,17H,12H2,1-2H3,(H,24,25)(H,20,21,22). The summed E-state index contributed by atoms with van der Waals surface area (Å²) in [6, 6.07) is 15.8. The molecule has 1 unspecified atom stereocenters. The van der Waals surface area contributed by atoms with Crippen molar-refractivity contribution in [3.63, 3.8) is 0 Å². The van der Waals surface area contributed by atoms with Gasteiger partial charge in [0.25, 0.3) is 0 Å². The third-order valence-corrected chi connectivity index (χ3v) is 3.77. The van der Waals surface area contributed by atoms with Gasteiger partial charge in [-0.05, 0) is 31.8 Å². The van der Waals surface area contributed by atoms with E-state index in [1.165, 1.54) is 0 Å². The quantitative estimate of drug-likeness (QED) is 0.720. The zero-order chi connectivity index (χ0) is 17.8. The number of aromatic nitrogens is 2. The largest absolute Gasteiger partial charge is 0.479 e. The van der Waals surface area contributed by atoms with Gasteiger partial charge in [0.2, 0.25) is 0 Å². The van der Waals surface area contributed by atoms with E-state index >= 15 is 0 Å². The van der Waals surface area contributed by atoms with E-state index < -0.39 is 12.0 Å². The first-order valence-electron chi connectivity index (χ1n) is 7.99. The highest BCUT2D eigenvalue weighted by atomic mass is 16.4. The maximum Gasteiger partial charge on any atom is 0.330 e. The second kappa shape index (κ2) is 7.27. The lowest BCUT2D eigenvalue weighted by molar-refractivity contribution is -0.138. The molecule has 3 aromatic rings. The van der Waals surface area contributed by atoms with E-state index in [-0.39, 0.29) is 0 Å². The van der Waals surface area contributed by atoms with E-state index in [9.17, 15) is 9.90 Å². The molecule has 1 heterocycles. The predicted octanol–water partition coefficient (Wildman–Crippen LogP) is 2.93. The SMILES string of the molecule is CN(C)Cc1nc(NC(C(=O)O)c2ccccc2)c2ccccc2n1. The molecule has 1 atom stereocenters. The molecule has 25 heavy (non-hydrogen) atoms. The number of anilines is 1. The number of hydrogen-bond donors (Lipinski definition) is 2. The topological polar surface area (TPSA) is 78.4 Å². The minimum atomic E-state index is -0.956. The number of fused-ring (bicyclic) bond motifs is 1. The molecular formula is C19H20N4O2. The van der Waals surface area contributed by atoms with Crippen LogP contribution in [-0.2, 0) is 11.3 Å². The van der Waals surface area contributed by atoms with Crippen molar-refractivity contribution >= 4 is 22.7 Å². The summed E-state index contributed by atoms with van der Waals surface area (Å²) in [7, 11) is 3.88. The number of benzene rings is 2. The third kappa shape index (κ3) is 3.92. The molecule has 6 heteroatoms. The Hall–Kier alpha value is -2.99. The minimum Gasteiger partial charge on any atom is -0.479 e. The molecule has 2 N–H and O–H groups in total. The summed E-state index contributed by atoms with van der Waals surface area (Å²) in [5.41, 5.74) is 1.46. The Bertz CT molecular complexity index is 881. The maximum atomic E-state index is 11.8. The van der Waals surface area contributed by atoms with Crippen LogP contribution in [0.4, 0.5) is 5.82 Å². The number of rotatable bonds is 6. The van der Waals surface area contributed by atoms with E-state index in [0.29, 0.717) is 23.8 Å². The van der Waals surface area contributed by atoms with Crippen molar-refractivity contribution in [3.05, 3.63) is 66.0 Å². The van der Waals surface area contributed by atoms with E-state index in [0.717, 1.165) is 10.9 Å².